The molecule has 24 heavy (non-hydrogen) atoms. The monoisotopic (exact) mass is 331 g/mol. The fourth-order valence-corrected chi connectivity index (χ4v) is 2.43. The Morgan fingerprint density at radius 1 is 1.29 bits per heavy atom. The zero-order valence-corrected chi connectivity index (χ0v) is 14.0. The zero-order chi connectivity index (χ0) is 17.7. The van der Waals surface area contributed by atoms with Gasteiger partial charge in [0.15, 0.2) is 0 Å². The Morgan fingerprint density at radius 3 is 2.50 bits per heavy atom. The van der Waals surface area contributed by atoms with Crippen molar-refractivity contribution in [3.8, 4) is 5.75 Å². The number of aromatic carboxylic acids is 1. The quantitative estimate of drug-likeness (QED) is 0.814. The molecule has 1 unspecified atom stereocenters. The van der Waals surface area contributed by atoms with Crippen molar-refractivity contribution >= 4 is 11.9 Å². The third-order valence-corrected chi connectivity index (χ3v) is 3.84. The summed E-state index contributed by atoms with van der Waals surface area (Å²) in [4.78, 5) is 23.0. The molecule has 0 saturated carbocycles. The van der Waals surface area contributed by atoms with Crippen LogP contribution in [0.25, 0.3) is 0 Å². The van der Waals surface area contributed by atoms with E-state index in [-0.39, 0.29) is 23.9 Å². The summed E-state index contributed by atoms with van der Waals surface area (Å²) in [6.45, 7) is 3.73. The molecule has 128 valence electrons. The van der Waals surface area contributed by atoms with Gasteiger partial charge in [0.1, 0.15) is 22.8 Å². The maximum atomic E-state index is 12.1. The first kappa shape index (κ1) is 17.6. The smallest absolute Gasteiger partial charge is 0.339 e. The first-order valence-electron chi connectivity index (χ1n) is 7.64. The molecule has 0 aliphatic heterocycles. The first-order valence-corrected chi connectivity index (χ1v) is 7.64. The van der Waals surface area contributed by atoms with E-state index in [9.17, 15) is 9.59 Å². The molecule has 1 amide bonds. The summed E-state index contributed by atoms with van der Waals surface area (Å²) in [5.74, 6) is 0.432. The fourth-order valence-electron chi connectivity index (χ4n) is 2.43. The molecule has 1 atom stereocenters. The van der Waals surface area contributed by atoms with Crippen molar-refractivity contribution in [3.63, 3.8) is 0 Å². The minimum atomic E-state index is -1.04. The number of furan rings is 1. The lowest BCUT2D eigenvalue weighted by molar-refractivity contribution is -0.121. The summed E-state index contributed by atoms with van der Waals surface area (Å²) in [7, 11) is 1.61. The summed E-state index contributed by atoms with van der Waals surface area (Å²) in [5.41, 5.74) is 1.17. The number of amides is 1. The topological polar surface area (TPSA) is 88.8 Å². The van der Waals surface area contributed by atoms with E-state index >= 15 is 0 Å². The number of carboxylic acids is 1. The molecule has 0 spiro atoms. The van der Waals surface area contributed by atoms with E-state index in [1.165, 1.54) is 6.07 Å². The Kier molecular flexibility index (Phi) is 5.63. The molecule has 0 radical (unpaired) electrons. The molecule has 0 aliphatic carbocycles. The molecule has 6 nitrogen and oxygen atoms in total. The number of carbonyl (C=O) groups is 2. The van der Waals surface area contributed by atoms with Crippen LogP contribution in [0.3, 0.4) is 0 Å². The van der Waals surface area contributed by atoms with Gasteiger partial charge in [-0.3, -0.25) is 4.79 Å². The van der Waals surface area contributed by atoms with Crippen LogP contribution < -0.4 is 10.1 Å². The number of hydrogen-bond acceptors (Lipinski definition) is 4. The van der Waals surface area contributed by atoms with Gasteiger partial charge < -0.3 is 19.6 Å². The highest BCUT2D eigenvalue weighted by Crippen LogP contribution is 2.22. The Bertz CT molecular complexity index is 718. The lowest BCUT2D eigenvalue weighted by Gasteiger charge is -2.12. The first-order chi connectivity index (χ1) is 11.4. The molecule has 0 fully saturated rings. The predicted molar refractivity (Wildman–Crippen MR) is 88.3 cm³/mol. The van der Waals surface area contributed by atoms with Crippen LogP contribution in [-0.4, -0.2) is 24.1 Å². The summed E-state index contributed by atoms with van der Waals surface area (Å²) in [5, 5.41) is 11.7. The van der Waals surface area contributed by atoms with Crippen LogP contribution in [0.15, 0.2) is 34.7 Å². The van der Waals surface area contributed by atoms with Crippen molar-refractivity contribution < 1.29 is 23.8 Å². The molecule has 2 aromatic rings. The molecule has 0 bridgehead atoms. The largest absolute Gasteiger partial charge is 0.497 e. The van der Waals surface area contributed by atoms with Crippen molar-refractivity contribution in [1.82, 2.24) is 5.32 Å². The molecule has 1 aromatic heterocycles. The van der Waals surface area contributed by atoms with Crippen LogP contribution in [0, 0.1) is 6.92 Å². The number of carbonyl (C=O) groups excluding carboxylic acids is 1. The van der Waals surface area contributed by atoms with E-state index in [0.29, 0.717) is 17.9 Å². The number of rotatable bonds is 7. The molecular weight excluding hydrogens is 310 g/mol. The Balaban J connectivity index is 1.88. The van der Waals surface area contributed by atoms with Crippen LogP contribution >= 0.6 is 0 Å². The number of hydrogen-bond donors (Lipinski definition) is 2. The predicted octanol–water partition coefficient (Wildman–Crippen LogP) is 3.10. The van der Waals surface area contributed by atoms with Gasteiger partial charge in [-0.1, -0.05) is 19.1 Å². The van der Waals surface area contributed by atoms with E-state index in [0.717, 1.165) is 11.3 Å². The summed E-state index contributed by atoms with van der Waals surface area (Å²) < 4.78 is 10.4. The molecule has 0 saturated heterocycles. The molecule has 6 heteroatoms. The van der Waals surface area contributed by atoms with Crippen molar-refractivity contribution in [1.29, 1.82) is 0 Å². The van der Waals surface area contributed by atoms with Crippen LogP contribution in [-0.2, 0) is 11.3 Å². The van der Waals surface area contributed by atoms with Crippen molar-refractivity contribution in [3.05, 3.63) is 53.0 Å². The molecular formula is C18H21NO5. The minimum absolute atomic E-state index is 0.0591. The van der Waals surface area contributed by atoms with Gasteiger partial charge in [-0.25, -0.2) is 4.79 Å². The fraction of sp³-hybridized carbons (Fsp3) is 0.333. The summed E-state index contributed by atoms with van der Waals surface area (Å²) >= 11 is 0. The van der Waals surface area contributed by atoms with Gasteiger partial charge in [0.05, 0.1) is 13.7 Å². The van der Waals surface area contributed by atoms with Crippen LogP contribution in [0.4, 0.5) is 0 Å². The second-order valence-corrected chi connectivity index (χ2v) is 5.64. The van der Waals surface area contributed by atoms with E-state index in [1.807, 2.05) is 31.2 Å². The SMILES string of the molecule is COc1ccc(C(C)CC(=O)NCc2cc(C(=O)O)c(C)o2)cc1. The van der Waals surface area contributed by atoms with Gasteiger partial charge in [0.25, 0.3) is 0 Å². The highest BCUT2D eigenvalue weighted by Gasteiger charge is 2.15. The molecule has 2 N–H and O–H groups in total. The second kappa shape index (κ2) is 7.68. The third kappa shape index (κ3) is 4.38. The lowest BCUT2D eigenvalue weighted by Crippen LogP contribution is -2.23. The number of nitrogens with one attached hydrogen (secondary N) is 1. The van der Waals surface area contributed by atoms with E-state index < -0.39 is 5.97 Å². The molecule has 0 aliphatic rings. The Hall–Kier alpha value is -2.76. The summed E-state index contributed by atoms with van der Waals surface area (Å²) in [6.07, 6.45) is 0.331. The van der Waals surface area contributed by atoms with Crippen LogP contribution in [0.2, 0.25) is 0 Å². The van der Waals surface area contributed by atoms with Gasteiger partial charge in [-0.05, 0) is 36.6 Å². The number of methoxy groups -OCH3 is 1. The van der Waals surface area contributed by atoms with E-state index in [2.05, 4.69) is 5.32 Å². The van der Waals surface area contributed by atoms with Gasteiger partial charge in [-0.15, -0.1) is 0 Å². The average Bonchev–Trinajstić information content (AvgIpc) is 2.94. The van der Waals surface area contributed by atoms with Crippen LogP contribution in [0.5, 0.6) is 5.75 Å². The van der Waals surface area contributed by atoms with Gasteiger partial charge in [-0.2, -0.15) is 0 Å². The normalized spacial score (nSPS) is 11.8. The van der Waals surface area contributed by atoms with E-state index in [4.69, 9.17) is 14.3 Å². The average molecular weight is 331 g/mol. The van der Waals surface area contributed by atoms with Gasteiger partial charge >= 0.3 is 5.97 Å². The maximum absolute atomic E-state index is 12.1. The van der Waals surface area contributed by atoms with Crippen molar-refractivity contribution in [2.45, 2.75) is 32.7 Å². The highest BCUT2D eigenvalue weighted by molar-refractivity contribution is 5.88. The number of benzene rings is 1. The molecule has 2 rings (SSSR count). The Morgan fingerprint density at radius 2 is 1.96 bits per heavy atom. The standard InChI is InChI=1S/C18H21NO5/c1-11(13-4-6-14(23-3)7-5-13)8-17(20)19-10-15-9-16(18(21)22)12(2)24-15/h4-7,9,11H,8,10H2,1-3H3,(H,19,20)(H,21,22). The summed E-state index contributed by atoms with van der Waals surface area (Å²) in [6, 6.07) is 9.04. The van der Waals surface area contributed by atoms with Gasteiger partial charge in [0, 0.05) is 6.42 Å². The van der Waals surface area contributed by atoms with Gasteiger partial charge in [0.2, 0.25) is 5.91 Å². The third-order valence-electron chi connectivity index (χ3n) is 3.84. The molecule has 1 heterocycles. The second-order valence-electron chi connectivity index (χ2n) is 5.64. The lowest BCUT2D eigenvalue weighted by atomic mass is 9.97. The molecule has 1 aromatic carbocycles. The maximum Gasteiger partial charge on any atom is 0.339 e. The van der Waals surface area contributed by atoms with Crippen LogP contribution in [0.1, 0.15) is 46.7 Å². The van der Waals surface area contributed by atoms with E-state index in [1.54, 1.807) is 14.0 Å². The number of carboxylic acid groups (broad SMARTS) is 1. The number of ether oxygens (including phenoxy) is 1. The van der Waals surface area contributed by atoms with Crippen molar-refractivity contribution in [2.75, 3.05) is 7.11 Å². The zero-order valence-electron chi connectivity index (χ0n) is 14.0. The minimum Gasteiger partial charge on any atom is -0.497 e. The Labute approximate surface area is 140 Å². The highest BCUT2D eigenvalue weighted by atomic mass is 16.5. The number of aryl methyl sites for hydroxylation is 1. The van der Waals surface area contributed by atoms with Crippen molar-refractivity contribution in [2.24, 2.45) is 0 Å².